The highest BCUT2D eigenvalue weighted by molar-refractivity contribution is 5.93. The fraction of sp³-hybridized carbons (Fsp3) is 0.273. The molecule has 0 saturated heterocycles. The van der Waals surface area contributed by atoms with Gasteiger partial charge in [0.1, 0.15) is 19.8 Å². The highest BCUT2D eigenvalue weighted by Gasteiger charge is 2.17. The van der Waals surface area contributed by atoms with Crippen LogP contribution in [-0.2, 0) is 20.9 Å². The number of methoxy groups -OCH3 is 1. The van der Waals surface area contributed by atoms with Crippen LogP contribution >= 0.6 is 0 Å². The number of benzene rings is 2. The molecule has 0 spiro atoms. The van der Waals surface area contributed by atoms with Gasteiger partial charge in [-0.3, -0.25) is 9.59 Å². The summed E-state index contributed by atoms with van der Waals surface area (Å²) in [5.41, 5.74) is 2.85. The summed E-state index contributed by atoms with van der Waals surface area (Å²) in [4.78, 5) is 26.0. The third kappa shape index (κ3) is 4.91. The molecule has 2 aromatic rings. The van der Waals surface area contributed by atoms with Crippen LogP contribution in [0.25, 0.3) is 6.08 Å². The van der Waals surface area contributed by atoms with Crippen molar-refractivity contribution in [3.8, 4) is 11.5 Å². The standard InChI is InChI=1S/C22H23NO5/c1-16-5-3-4-6-18(16)14-23(15-22(25)26-2)21(24)10-8-17-7-9-19-20(13-17)28-12-11-27-19/h3-10,13H,11-12,14-15H2,1-2H3/b10-8+. The number of nitrogens with zero attached hydrogens (tertiary/aromatic N) is 1. The Hall–Kier alpha value is -3.28. The molecule has 0 radical (unpaired) electrons. The van der Waals surface area contributed by atoms with Gasteiger partial charge < -0.3 is 19.1 Å². The Morgan fingerprint density at radius 1 is 1.11 bits per heavy atom. The predicted molar refractivity (Wildman–Crippen MR) is 105 cm³/mol. The van der Waals surface area contributed by atoms with E-state index >= 15 is 0 Å². The summed E-state index contributed by atoms with van der Waals surface area (Å²) in [6.45, 7) is 3.22. The number of hydrogen-bond donors (Lipinski definition) is 0. The Bertz CT molecular complexity index is 890. The Morgan fingerprint density at radius 2 is 1.86 bits per heavy atom. The zero-order chi connectivity index (χ0) is 19.9. The van der Waals surface area contributed by atoms with Gasteiger partial charge in [-0.25, -0.2) is 0 Å². The van der Waals surface area contributed by atoms with Crippen molar-refractivity contribution in [2.45, 2.75) is 13.5 Å². The lowest BCUT2D eigenvalue weighted by Gasteiger charge is -2.21. The number of amides is 1. The first-order valence-electron chi connectivity index (χ1n) is 9.05. The van der Waals surface area contributed by atoms with Gasteiger partial charge in [0.2, 0.25) is 5.91 Å². The molecule has 1 heterocycles. The second kappa shape index (κ2) is 9.08. The number of ether oxygens (including phenoxy) is 3. The van der Waals surface area contributed by atoms with Gasteiger partial charge in [-0.2, -0.15) is 0 Å². The van der Waals surface area contributed by atoms with E-state index in [2.05, 4.69) is 0 Å². The third-order valence-corrected chi connectivity index (χ3v) is 4.47. The van der Waals surface area contributed by atoms with Gasteiger partial charge in [0.15, 0.2) is 11.5 Å². The van der Waals surface area contributed by atoms with Crippen molar-refractivity contribution in [2.75, 3.05) is 26.9 Å². The SMILES string of the molecule is COC(=O)CN(Cc1ccccc1C)C(=O)/C=C/c1ccc2c(c1)OCCO2. The summed E-state index contributed by atoms with van der Waals surface area (Å²) in [5.74, 6) is 0.618. The van der Waals surface area contributed by atoms with Crippen LogP contribution in [0.15, 0.2) is 48.5 Å². The van der Waals surface area contributed by atoms with E-state index < -0.39 is 5.97 Å². The van der Waals surface area contributed by atoms with Gasteiger partial charge in [0, 0.05) is 12.6 Å². The maximum atomic E-state index is 12.7. The van der Waals surface area contributed by atoms with E-state index in [0.717, 1.165) is 16.7 Å². The van der Waals surface area contributed by atoms with Crippen LogP contribution in [-0.4, -0.2) is 43.6 Å². The second-order valence-electron chi connectivity index (χ2n) is 6.43. The molecular formula is C22H23NO5. The van der Waals surface area contributed by atoms with Gasteiger partial charge in [-0.1, -0.05) is 30.3 Å². The Kier molecular flexibility index (Phi) is 6.32. The highest BCUT2D eigenvalue weighted by Crippen LogP contribution is 2.31. The van der Waals surface area contributed by atoms with E-state index in [-0.39, 0.29) is 12.5 Å². The second-order valence-corrected chi connectivity index (χ2v) is 6.43. The van der Waals surface area contributed by atoms with E-state index in [1.165, 1.54) is 18.1 Å². The zero-order valence-electron chi connectivity index (χ0n) is 16.0. The monoisotopic (exact) mass is 381 g/mol. The van der Waals surface area contributed by atoms with Crippen molar-refractivity contribution < 1.29 is 23.8 Å². The average Bonchev–Trinajstić information content (AvgIpc) is 2.72. The summed E-state index contributed by atoms with van der Waals surface area (Å²) in [5, 5.41) is 0. The van der Waals surface area contributed by atoms with E-state index in [1.807, 2.05) is 49.4 Å². The summed E-state index contributed by atoms with van der Waals surface area (Å²) in [6, 6.07) is 13.3. The van der Waals surface area contributed by atoms with Gasteiger partial charge in [0.05, 0.1) is 7.11 Å². The molecule has 146 valence electrons. The molecule has 0 aliphatic carbocycles. The molecular weight excluding hydrogens is 358 g/mol. The molecule has 3 rings (SSSR count). The van der Waals surface area contributed by atoms with Crippen LogP contribution in [0.4, 0.5) is 0 Å². The first-order valence-corrected chi connectivity index (χ1v) is 9.05. The molecule has 0 saturated carbocycles. The van der Waals surface area contributed by atoms with Crippen LogP contribution in [0.5, 0.6) is 11.5 Å². The summed E-state index contributed by atoms with van der Waals surface area (Å²) in [7, 11) is 1.31. The molecule has 0 aromatic heterocycles. The average molecular weight is 381 g/mol. The van der Waals surface area contributed by atoms with Gasteiger partial charge in [0.25, 0.3) is 0 Å². The number of carbonyl (C=O) groups is 2. The lowest BCUT2D eigenvalue weighted by Crippen LogP contribution is -2.34. The molecule has 0 unspecified atom stereocenters. The van der Waals surface area contributed by atoms with Crippen LogP contribution in [0.1, 0.15) is 16.7 Å². The minimum absolute atomic E-state index is 0.116. The maximum Gasteiger partial charge on any atom is 0.325 e. The molecule has 28 heavy (non-hydrogen) atoms. The minimum atomic E-state index is -0.463. The molecule has 0 bridgehead atoms. The zero-order valence-corrected chi connectivity index (χ0v) is 16.0. The van der Waals surface area contributed by atoms with Gasteiger partial charge in [-0.15, -0.1) is 0 Å². The Balaban J connectivity index is 1.75. The van der Waals surface area contributed by atoms with E-state index in [0.29, 0.717) is 31.3 Å². The number of carbonyl (C=O) groups excluding carboxylic acids is 2. The van der Waals surface area contributed by atoms with Crippen molar-refractivity contribution in [3.63, 3.8) is 0 Å². The van der Waals surface area contributed by atoms with E-state index in [1.54, 1.807) is 6.08 Å². The first-order chi connectivity index (χ1) is 13.6. The number of rotatable bonds is 6. The summed E-state index contributed by atoms with van der Waals surface area (Å²) in [6.07, 6.45) is 3.15. The quantitative estimate of drug-likeness (QED) is 0.569. The fourth-order valence-electron chi connectivity index (χ4n) is 2.86. The molecule has 1 aliphatic heterocycles. The first kappa shape index (κ1) is 19.5. The number of hydrogen-bond acceptors (Lipinski definition) is 5. The van der Waals surface area contributed by atoms with Crippen molar-refractivity contribution in [1.29, 1.82) is 0 Å². The Morgan fingerprint density at radius 3 is 2.61 bits per heavy atom. The Labute approximate surface area is 164 Å². The molecule has 1 amide bonds. The molecule has 0 atom stereocenters. The topological polar surface area (TPSA) is 65.1 Å². The summed E-state index contributed by atoms with van der Waals surface area (Å²) < 4.78 is 15.8. The highest BCUT2D eigenvalue weighted by atomic mass is 16.6. The van der Waals surface area contributed by atoms with Crippen molar-refractivity contribution in [3.05, 3.63) is 65.2 Å². The largest absolute Gasteiger partial charge is 0.486 e. The van der Waals surface area contributed by atoms with E-state index in [4.69, 9.17) is 14.2 Å². The normalized spacial score (nSPS) is 12.6. The van der Waals surface area contributed by atoms with Gasteiger partial charge in [-0.05, 0) is 41.8 Å². The van der Waals surface area contributed by atoms with Crippen molar-refractivity contribution in [1.82, 2.24) is 4.90 Å². The lowest BCUT2D eigenvalue weighted by molar-refractivity contribution is -0.145. The molecule has 0 N–H and O–H groups in total. The smallest absolute Gasteiger partial charge is 0.325 e. The van der Waals surface area contributed by atoms with Crippen LogP contribution in [0.2, 0.25) is 0 Å². The number of aryl methyl sites for hydroxylation is 1. The van der Waals surface area contributed by atoms with Crippen LogP contribution < -0.4 is 9.47 Å². The van der Waals surface area contributed by atoms with Crippen molar-refractivity contribution >= 4 is 18.0 Å². The molecule has 0 fully saturated rings. The molecule has 6 nitrogen and oxygen atoms in total. The summed E-state index contributed by atoms with van der Waals surface area (Å²) >= 11 is 0. The minimum Gasteiger partial charge on any atom is -0.486 e. The lowest BCUT2D eigenvalue weighted by atomic mass is 10.1. The third-order valence-electron chi connectivity index (χ3n) is 4.47. The van der Waals surface area contributed by atoms with Crippen LogP contribution in [0.3, 0.4) is 0 Å². The van der Waals surface area contributed by atoms with Crippen LogP contribution in [0, 0.1) is 6.92 Å². The maximum absolute atomic E-state index is 12.7. The molecule has 1 aliphatic rings. The number of fused-ring (bicyclic) bond motifs is 1. The fourth-order valence-corrected chi connectivity index (χ4v) is 2.86. The van der Waals surface area contributed by atoms with Gasteiger partial charge >= 0.3 is 5.97 Å². The molecule has 6 heteroatoms. The molecule has 2 aromatic carbocycles. The van der Waals surface area contributed by atoms with Crippen molar-refractivity contribution in [2.24, 2.45) is 0 Å². The predicted octanol–water partition coefficient (Wildman–Crippen LogP) is 2.98. The van der Waals surface area contributed by atoms with E-state index in [9.17, 15) is 9.59 Å². The number of esters is 1.